The summed E-state index contributed by atoms with van der Waals surface area (Å²) in [7, 11) is 0. The molecule has 15 heteroatoms. The number of rotatable bonds is 24. The second-order valence-corrected chi connectivity index (χ2v) is 9.42. The van der Waals surface area contributed by atoms with Crippen molar-refractivity contribution in [3.8, 4) is 0 Å². The Morgan fingerprint density at radius 2 is 1.02 bits per heavy atom. The minimum Gasteiger partial charge on any atom is -0.370 e. The molecule has 0 saturated carbocycles. The van der Waals surface area contributed by atoms with Crippen LogP contribution in [0.2, 0.25) is 0 Å². The summed E-state index contributed by atoms with van der Waals surface area (Å²) in [5.41, 5.74) is 4.98. The molecule has 0 heterocycles. The summed E-state index contributed by atoms with van der Waals surface area (Å²) in [5, 5.41) is 36.7. The molecule has 0 aromatic carbocycles. The van der Waals surface area contributed by atoms with Crippen LogP contribution in [0.1, 0.15) is 90.4 Å². The molecule has 7 N–H and O–H groups in total. The van der Waals surface area contributed by atoms with Gasteiger partial charge in [0.1, 0.15) is 0 Å². The molecule has 14 nitrogen and oxygen atoms in total. The first-order chi connectivity index (χ1) is 18.5. The van der Waals surface area contributed by atoms with Gasteiger partial charge in [-0.1, -0.05) is 12.8 Å². The molecule has 0 aromatic rings. The van der Waals surface area contributed by atoms with Crippen molar-refractivity contribution in [1.29, 1.82) is 0 Å². The van der Waals surface area contributed by atoms with Crippen LogP contribution in [0, 0.1) is 0 Å². The molecule has 0 fully saturated rings. The minimum atomic E-state index is -0.577. The number of hydrogen-bond acceptors (Lipinski definition) is 9. The van der Waals surface area contributed by atoms with Crippen LogP contribution in [0.25, 0.3) is 0 Å². The fourth-order valence-corrected chi connectivity index (χ4v) is 3.50. The molecule has 0 rings (SSSR count). The molecule has 0 aliphatic rings. The van der Waals surface area contributed by atoms with Gasteiger partial charge >= 0.3 is 0 Å². The van der Waals surface area contributed by atoms with E-state index in [-0.39, 0.29) is 63.6 Å². The predicted octanol–water partition coefficient (Wildman–Crippen LogP) is 1.34. The van der Waals surface area contributed by atoms with E-state index in [0.717, 1.165) is 45.2 Å². The zero-order chi connectivity index (χ0) is 29.5. The maximum atomic E-state index is 12.0. The van der Waals surface area contributed by atoms with Gasteiger partial charge in [0.25, 0.3) is 0 Å². The van der Waals surface area contributed by atoms with Crippen molar-refractivity contribution >= 4 is 41.9 Å². The van der Waals surface area contributed by atoms with Crippen molar-refractivity contribution in [2.24, 2.45) is 5.73 Å². The lowest BCUT2D eigenvalue weighted by molar-refractivity contribution is -0.166. The summed E-state index contributed by atoms with van der Waals surface area (Å²) in [6.45, 7) is 3.99. The molecule has 0 saturated heterocycles. The number of nitrogens with two attached hydrogens (primary N) is 1. The zero-order valence-electron chi connectivity index (χ0n) is 23.6. The van der Waals surface area contributed by atoms with Gasteiger partial charge < -0.3 is 16.4 Å². The SMILES string of the molecule is CC(=O)N(O)CCCCCNC(=O)CCC(=O)N(O)CCCCCNCCCCCN(O)C(=O)CCC(N)=O.Cl. The fourth-order valence-electron chi connectivity index (χ4n) is 3.50. The Labute approximate surface area is 242 Å². The smallest absolute Gasteiger partial charge is 0.246 e. The average molecular weight is 597 g/mol. The lowest BCUT2D eigenvalue weighted by atomic mass is 10.2. The molecular formula is C25H49ClN6O8. The molecule has 0 aromatic heterocycles. The van der Waals surface area contributed by atoms with Crippen molar-refractivity contribution < 1.29 is 39.6 Å². The van der Waals surface area contributed by atoms with Crippen molar-refractivity contribution in [1.82, 2.24) is 25.8 Å². The van der Waals surface area contributed by atoms with Crippen LogP contribution in [0.3, 0.4) is 0 Å². The van der Waals surface area contributed by atoms with Crippen molar-refractivity contribution in [3.63, 3.8) is 0 Å². The highest BCUT2D eigenvalue weighted by molar-refractivity contribution is 5.85. The Bertz CT molecular complexity index is 746. The first kappa shape index (κ1) is 39.6. The van der Waals surface area contributed by atoms with Gasteiger partial charge in [0.2, 0.25) is 29.5 Å². The van der Waals surface area contributed by atoms with Crippen molar-refractivity contribution in [2.45, 2.75) is 90.4 Å². The molecule has 40 heavy (non-hydrogen) atoms. The lowest BCUT2D eigenvalue weighted by Crippen LogP contribution is -2.31. The maximum absolute atomic E-state index is 12.0. The summed E-state index contributed by atoms with van der Waals surface area (Å²) in [6.07, 6.45) is 6.52. The van der Waals surface area contributed by atoms with Crippen LogP contribution in [0.4, 0.5) is 0 Å². The standard InChI is InChI=1S/C25H48N6O8.ClH/c1-21(32)29(37)18-8-4-7-17-28-23(34)12-14-25(36)31(39)20-10-3-6-16-27-15-5-2-9-19-30(38)24(35)13-11-22(26)33;/h27,37-39H,2-20H2,1H3,(H2,26,33)(H,28,34);1H. The first-order valence-corrected chi connectivity index (χ1v) is 13.8. The summed E-state index contributed by atoms with van der Waals surface area (Å²) < 4.78 is 0. The fraction of sp³-hybridized carbons (Fsp3) is 0.800. The third-order valence-corrected chi connectivity index (χ3v) is 5.91. The minimum absolute atomic E-state index is 0. The average Bonchev–Trinajstić information content (AvgIpc) is 2.90. The number of unbranched alkanes of at least 4 members (excludes halogenated alkanes) is 6. The molecule has 0 aliphatic carbocycles. The van der Waals surface area contributed by atoms with E-state index >= 15 is 0 Å². The van der Waals surface area contributed by atoms with Gasteiger partial charge in [0.05, 0.1) is 0 Å². The first-order valence-electron chi connectivity index (χ1n) is 13.8. The number of halogens is 1. The molecule has 0 spiro atoms. The molecule has 5 amide bonds. The van der Waals surface area contributed by atoms with Gasteiger partial charge in [-0.15, -0.1) is 12.4 Å². The Morgan fingerprint density at radius 1 is 0.600 bits per heavy atom. The number of nitrogens with one attached hydrogen (secondary N) is 2. The van der Waals surface area contributed by atoms with E-state index in [0.29, 0.717) is 47.4 Å². The number of nitrogens with zero attached hydrogens (tertiary/aromatic N) is 3. The van der Waals surface area contributed by atoms with E-state index in [4.69, 9.17) is 5.73 Å². The Hall–Kier alpha value is -2.52. The van der Waals surface area contributed by atoms with Gasteiger partial charge in [-0.3, -0.25) is 39.6 Å². The Kier molecular flexibility index (Phi) is 25.2. The summed E-state index contributed by atoms with van der Waals surface area (Å²) in [6, 6.07) is 0. The number of primary amides is 1. The third-order valence-electron chi connectivity index (χ3n) is 5.91. The largest absolute Gasteiger partial charge is 0.370 e. The van der Waals surface area contributed by atoms with Gasteiger partial charge in [-0.2, -0.15) is 0 Å². The quantitative estimate of drug-likeness (QED) is 0.0539. The molecular weight excluding hydrogens is 548 g/mol. The van der Waals surface area contributed by atoms with Gasteiger partial charge in [0.15, 0.2) is 0 Å². The highest BCUT2D eigenvalue weighted by Gasteiger charge is 2.13. The topological polar surface area (TPSA) is 206 Å². The molecule has 0 bridgehead atoms. The predicted molar refractivity (Wildman–Crippen MR) is 149 cm³/mol. The third kappa shape index (κ3) is 23.4. The lowest BCUT2D eigenvalue weighted by Gasteiger charge is -2.15. The molecule has 0 aliphatic heterocycles. The Balaban J connectivity index is 0. The Morgan fingerprint density at radius 3 is 1.48 bits per heavy atom. The van der Waals surface area contributed by atoms with E-state index in [1.807, 2.05) is 0 Å². The summed E-state index contributed by atoms with van der Waals surface area (Å²) in [4.78, 5) is 56.9. The van der Waals surface area contributed by atoms with Crippen LogP contribution in [-0.4, -0.2) is 99.6 Å². The van der Waals surface area contributed by atoms with E-state index in [9.17, 15) is 39.6 Å². The van der Waals surface area contributed by atoms with Gasteiger partial charge in [-0.05, 0) is 58.0 Å². The van der Waals surface area contributed by atoms with E-state index in [2.05, 4.69) is 10.6 Å². The van der Waals surface area contributed by atoms with Crippen molar-refractivity contribution in [2.75, 3.05) is 39.3 Å². The van der Waals surface area contributed by atoms with E-state index < -0.39 is 23.6 Å². The van der Waals surface area contributed by atoms with Gasteiger partial charge in [-0.25, -0.2) is 15.2 Å². The van der Waals surface area contributed by atoms with Crippen LogP contribution in [0.15, 0.2) is 0 Å². The van der Waals surface area contributed by atoms with Crippen LogP contribution in [0.5, 0.6) is 0 Å². The monoisotopic (exact) mass is 596 g/mol. The van der Waals surface area contributed by atoms with E-state index in [1.165, 1.54) is 6.92 Å². The number of carbonyl (C=O) groups excluding carboxylic acids is 5. The zero-order valence-corrected chi connectivity index (χ0v) is 24.5. The number of carbonyl (C=O) groups is 5. The number of hydroxylamine groups is 6. The summed E-state index contributed by atoms with van der Waals surface area (Å²) >= 11 is 0. The van der Waals surface area contributed by atoms with Crippen LogP contribution < -0.4 is 16.4 Å². The highest BCUT2D eigenvalue weighted by Crippen LogP contribution is 2.03. The van der Waals surface area contributed by atoms with Crippen LogP contribution >= 0.6 is 12.4 Å². The number of amides is 5. The van der Waals surface area contributed by atoms with Crippen LogP contribution in [-0.2, 0) is 24.0 Å². The normalized spacial score (nSPS) is 10.4. The highest BCUT2D eigenvalue weighted by atomic mass is 35.5. The second-order valence-electron chi connectivity index (χ2n) is 9.42. The van der Waals surface area contributed by atoms with Crippen molar-refractivity contribution in [3.05, 3.63) is 0 Å². The van der Waals surface area contributed by atoms with Gasteiger partial charge in [0, 0.05) is 58.8 Å². The second kappa shape index (κ2) is 25.4. The molecule has 234 valence electrons. The van der Waals surface area contributed by atoms with E-state index in [1.54, 1.807) is 0 Å². The summed E-state index contributed by atoms with van der Waals surface area (Å²) in [5.74, 6) is -2.26. The maximum Gasteiger partial charge on any atom is 0.246 e. The number of hydrogen-bond donors (Lipinski definition) is 6. The molecule has 0 atom stereocenters. The molecule has 0 unspecified atom stereocenters. The molecule has 0 radical (unpaired) electrons.